The third-order valence-corrected chi connectivity index (χ3v) is 1.35. The maximum Gasteiger partial charge on any atom is 0.246 e. The summed E-state index contributed by atoms with van der Waals surface area (Å²) in [5, 5.41) is 8.97. The van der Waals surface area contributed by atoms with Crippen molar-refractivity contribution in [2.75, 3.05) is 13.1 Å². The molecule has 1 atom stereocenters. The van der Waals surface area contributed by atoms with Gasteiger partial charge >= 0.3 is 0 Å². The van der Waals surface area contributed by atoms with Crippen LogP contribution in [0.1, 0.15) is 13.8 Å². The van der Waals surface area contributed by atoms with E-state index in [4.69, 9.17) is 5.11 Å². The molecule has 1 amide bonds. The van der Waals surface area contributed by atoms with Crippen molar-refractivity contribution >= 4 is 5.91 Å². The zero-order valence-electron chi connectivity index (χ0n) is 7.08. The highest BCUT2D eigenvalue weighted by Crippen LogP contribution is 1.93. The summed E-state index contributed by atoms with van der Waals surface area (Å²) in [6.45, 7) is 7.86. The van der Waals surface area contributed by atoms with Crippen LogP contribution in [0.15, 0.2) is 12.7 Å². The SMILES string of the molecule is C=CC(=O)N(CC)CC(C)O. The van der Waals surface area contributed by atoms with Crippen LogP contribution in [0.4, 0.5) is 0 Å². The number of likely N-dealkylation sites (N-methyl/N-ethyl adjacent to an activating group) is 1. The Morgan fingerprint density at radius 3 is 2.64 bits per heavy atom. The molecule has 0 aromatic heterocycles. The average molecular weight is 157 g/mol. The summed E-state index contributed by atoms with van der Waals surface area (Å²) in [5.74, 6) is -0.131. The van der Waals surface area contributed by atoms with E-state index in [1.54, 1.807) is 6.92 Å². The predicted molar refractivity (Wildman–Crippen MR) is 44.1 cm³/mol. The quantitative estimate of drug-likeness (QED) is 0.600. The molecule has 1 unspecified atom stereocenters. The van der Waals surface area contributed by atoms with Crippen molar-refractivity contribution in [3.8, 4) is 0 Å². The van der Waals surface area contributed by atoms with Crippen LogP contribution in [-0.2, 0) is 4.79 Å². The van der Waals surface area contributed by atoms with Crippen LogP contribution in [0, 0.1) is 0 Å². The smallest absolute Gasteiger partial charge is 0.246 e. The fraction of sp³-hybridized carbons (Fsp3) is 0.625. The Hall–Kier alpha value is -0.830. The maximum atomic E-state index is 11.0. The Labute approximate surface area is 67.3 Å². The van der Waals surface area contributed by atoms with Crippen LogP contribution < -0.4 is 0 Å². The zero-order chi connectivity index (χ0) is 8.85. The van der Waals surface area contributed by atoms with Gasteiger partial charge in [-0.2, -0.15) is 0 Å². The molecule has 0 saturated heterocycles. The van der Waals surface area contributed by atoms with Gasteiger partial charge in [-0.1, -0.05) is 6.58 Å². The molecule has 0 aliphatic rings. The highest BCUT2D eigenvalue weighted by Gasteiger charge is 2.09. The van der Waals surface area contributed by atoms with E-state index < -0.39 is 6.10 Å². The van der Waals surface area contributed by atoms with Gasteiger partial charge in [-0.05, 0) is 19.9 Å². The summed E-state index contributed by atoms with van der Waals surface area (Å²) in [7, 11) is 0. The van der Waals surface area contributed by atoms with Crippen LogP contribution in [-0.4, -0.2) is 35.1 Å². The molecule has 0 aliphatic heterocycles. The minimum atomic E-state index is -0.473. The first-order valence-corrected chi connectivity index (χ1v) is 3.71. The number of carbonyl (C=O) groups is 1. The summed E-state index contributed by atoms with van der Waals surface area (Å²) in [5.41, 5.74) is 0. The van der Waals surface area contributed by atoms with Gasteiger partial charge in [-0.25, -0.2) is 0 Å². The number of rotatable bonds is 4. The highest BCUT2D eigenvalue weighted by atomic mass is 16.3. The Kier molecular flexibility index (Phi) is 4.54. The molecule has 0 heterocycles. The van der Waals surface area contributed by atoms with Gasteiger partial charge in [0, 0.05) is 13.1 Å². The molecular formula is C8H15NO2. The number of aliphatic hydroxyl groups is 1. The number of hydrogen-bond acceptors (Lipinski definition) is 2. The van der Waals surface area contributed by atoms with Crippen LogP contribution >= 0.6 is 0 Å². The second-order valence-electron chi connectivity index (χ2n) is 2.43. The molecule has 11 heavy (non-hydrogen) atoms. The van der Waals surface area contributed by atoms with Gasteiger partial charge in [0.15, 0.2) is 0 Å². The van der Waals surface area contributed by atoms with E-state index in [1.807, 2.05) is 6.92 Å². The van der Waals surface area contributed by atoms with E-state index in [0.29, 0.717) is 13.1 Å². The van der Waals surface area contributed by atoms with E-state index in [2.05, 4.69) is 6.58 Å². The van der Waals surface area contributed by atoms with E-state index in [9.17, 15) is 4.79 Å². The van der Waals surface area contributed by atoms with Crippen LogP contribution in [0.3, 0.4) is 0 Å². The van der Waals surface area contributed by atoms with Gasteiger partial charge in [-0.3, -0.25) is 4.79 Å². The molecule has 0 aliphatic carbocycles. The first-order chi connectivity index (χ1) is 5.11. The molecule has 0 radical (unpaired) electrons. The second kappa shape index (κ2) is 4.91. The molecule has 64 valence electrons. The van der Waals surface area contributed by atoms with Crippen molar-refractivity contribution < 1.29 is 9.90 Å². The third-order valence-electron chi connectivity index (χ3n) is 1.35. The third kappa shape index (κ3) is 3.78. The summed E-state index contributed by atoms with van der Waals surface area (Å²) < 4.78 is 0. The largest absolute Gasteiger partial charge is 0.392 e. The number of aliphatic hydroxyl groups excluding tert-OH is 1. The molecule has 0 spiro atoms. The molecule has 0 bridgehead atoms. The molecule has 1 N–H and O–H groups in total. The fourth-order valence-corrected chi connectivity index (χ4v) is 0.823. The number of nitrogens with zero attached hydrogens (tertiary/aromatic N) is 1. The molecule has 3 nitrogen and oxygen atoms in total. The van der Waals surface area contributed by atoms with E-state index >= 15 is 0 Å². The van der Waals surface area contributed by atoms with Gasteiger partial charge in [0.25, 0.3) is 0 Å². The van der Waals surface area contributed by atoms with Crippen LogP contribution in [0.25, 0.3) is 0 Å². The van der Waals surface area contributed by atoms with E-state index in [-0.39, 0.29) is 5.91 Å². The van der Waals surface area contributed by atoms with E-state index in [0.717, 1.165) is 0 Å². The Bertz CT molecular complexity index is 143. The monoisotopic (exact) mass is 157 g/mol. The fourth-order valence-electron chi connectivity index (χ4n) is 0.823. The minimum absolute atomic E-state index is 0.131. The molecular weight excluding hydrogens is 142 g/mol. The van der Waals surface area contributed by atoms with Gasteiger partial charge in [0.1, 0.15) is 0 Å². The van der Waals surface area contributed by atoms with Gasteiger partial charge in [0.05, 0.1) is 6.10 Å². The van der Waals surface area contributed by atoms with Crippen LogP contribution in [0.5, 0.6) is 0 Å². The minimum Gasteiger partial charge on any atom is -0.392 e. The first kappa shape index (κ1) is 10.2. The lowest BCUT2D eigenvalue weighted by atomic mass is 10.3. The van der Waals surface area contributed by atoms with E-state index in [1.165, 1.54) is 11.0 Å². The normalized spacial score (nSPS) is 12.3. The summed E-state index contributed by atoms with van der Waals surface area (Å²) in [6.07, 6.45) is 0.783. The maximum absolute atomic E-state index is 11.0. The second-order valence-corrected chi connectivity index (χ2v) is 2.43. The van der Waals surface area contributed by atoms with Crippen molar-refractivity contribution in [1.82, 2.24) is 4.90 Å². The number of hydrogen-bond donors (Lipinski definition) is 1. The molecule has 0 fully saturated rings. The van der Waals surface area contributed by atoms with Crippen molar-refractivity contribution in [2.24, 2.45) is 0 Å². The lowest BCUT2D eigenvalue weighted by Crippen LogP contribution is -2.35. The number of carbonyl (C=O) groups excluding carboxylic acids is 1. The average Bonchev–Trinajstić information content (AvgIpc) is 1.98. The highest BCUT2D eigenvalue weighted by molar-refractivity contribution is 5.86. The van der Waals surface area contributed by atoms with Crippen molar-refractivity contribution in [3.05, 3.63) is 12.7 Å². The lowest BCUT2D eigenvalue weighted by Gasteiger charge is -2.20. The Morgan fingerprint density at radius 2 is 2.36 bits per heavy atom. The zero-order valence-corrected chi connectivity index (χ0v) is 7.08. The Morgan fingerprint density at radius 1 is 1.82 bits per heavy atom. The summed E-state index contributed by atoms with van der Waals surface area (Å²) >= 11 is 0. The molecule has 0 aromatic rings. The first-order valence-electron chi connectivity index (χ1n) is 3.71. The summed E-state index contributed by atoms with van der Waals surface area (Å²) in [4.78, 5) is 12.5. The van der Waals surface area contributed by atoms with Crippen molar-refractivity contribution in [3.63, 3.8) is 0 Å². The molecule has 0 rings (SSSR count). The standard InChI is InChI=1S/C8H15NO2/c1-4-8(11)9(5-2)6-7(3)10/h4,7,10H,1,5-6H2,2-3H3. The predicted octanol–water partition coefficient (Wildman–Crippen LogP) is 0.402. The van der Waals surface area contributed by atoms with Gasteiger partial charge in [-0.15, -0.1) is 0 Å². The van der Waals surface area contributed by atoms with Gasteiger partial charge in [0.2, 0.25) is 5.91 Å². The van der Waals surface area contributed by atoms with Gasteiger partial charge < -0.3 is 10.0 Å². The van der Waals surface area contributed by atoms with Crippen molar-refractivity contribution in [1.29, 1.82) is 0 Å². The topological polar surface area (TPSA) is 40.5 Å². The Balaban J connectivity index is 3.94. The molecule has 0 saturated carbocycles. The summed E-state index contributed by atoms with van der Waals surface area (Å²) in [6, 6.07) is 0. The lowest BCUT2D eigenvalue weighted by molar-refractivity contribution is -0.127. The molecule has 3 heteroatoms. The number of amides is 1. The molecule has 0 aromatic carbocycles. The van der Waals surface area contributed by atoms with Crippen LogP contribution in [0.2, 0.25) is 0 Å². The van der Waals surface area contributed by atoms with Crippen molar-refractivity contribution in [2.45, 2.75) is 20.0 Å².